The number of phenolic OH excluding ortho intramolecular Hbond substituents is 1. The third kappa shape index (κ3) is 5.55. The molecule has 0 aliphatic rings. The molecule has 0 atom stereocenters. The van der Waals surface area contributed by atoms with Crippen LogP contribution < -0.4 is 0 Å². The van der Waals surface area contributed by atoms with E-state index in [9.17, 15) is 31.0 Å². The van der Waals surface area contributed by atoms with Crippen molar-refractivity contribution >= 4 is 53.8 Å². The Kier molecular flexibility index (Phi) is 6.41. The van der Waals surface area contributed by atoms with Crippen molar-refractivity contribution < 1.29 is 31.0 Å². The smallest absolute Gasteiger partial charge is 0.295 e. The number of phenols is 1. The van der Waals surface area contributed by atoms with E-state index in [1.165, 1.54) is 12.1 Å². The number of aromatic hydroxyl groups is 1. The summed E-state index contributed by atoms with van der Waals surface area (Å²) in [5, 5.41) is 26.3. The van der Waals surface area contributed by atoms with Crippen LogP contribution in [0.1, 0.15) is 0 Å². The molecule has 0 aliphatic carbocycles. The molecule has 0 saturated carbocycles. The van der Waals surface area contributed by atoms with Gasteiger partial charge in [0.2, 0.25) is 0 Å². The maximum absolute atomic E-state index is 11.8. The van der Waals surface area contributed by atoms with Crippen molar-refractivity contribution in [2.75, 3.05) is 0 Å². The van der Waals surface area contributed by atoms with E-state index in [4.69, 9.17) is 0 Å². The Morgan fingerprint density at radius 1 is 0.600 bits per heavy atom. The third-order valence-electron chi connectivity index (χ3n) is 4.74. The molecule has 4 aromatic rings. The van der Waals surface area contributed by atoms with E-state index in [0.717, 1.165) is 6.07 Å². The van der Waals surface area contributed by atoms with Crippen LogP contribution >= 0.6 is 0 Å². The van der Waals surface area contributed by atoms with Gasteiger partial charge in [-0.05, 0) is 60.0 Å². The normalized spacial score (nSPS) is 12.6. The lowest BCUT2D eigenvalue weighted by Crippen LogP contribution is -2.04. The summed E-state index contributed by atoms with van der Waals surface area (Å²) in [7, 11) is -9.76. The first-order chi connectivity index (χ1) is 16.5. The quantitative estimate of drug-likeness (QED) is 0.213. The molecule has 0 fully saturated rings. The summed E-state index contributed by atoms with van der Waals surface area (Å²) >= 11 is 0. The van der Waals surface area contributed by atoms with Gasteiger partial charge in [-0.25, -0.2) is 0 Å². The van der Waals surface area contributed by atoms with Gasteiger partial charge in [-0.3, -0.25) is 9.11 Å². The van der Waals surface area contributed by atoms with E-state index in [-0.39, 0.29) is 16.5 Å². The molecule has 11 nitrogen and oxygen atoms in total. The lowest BCUT2D eigenvalue weighted by molar-refractivity contribution is 0.473. The molecule has 0 saturated heterocycles. The molecular formula is C22H16N4O7S2. The minimum absolute atomic E-state index is 0.0719. The van der Waals surface area contributed by atoms with Crippen LogP contribution in [0.2, 0.25) is 0 Å². The summed E-state index contributed by atoms with van der Waals surface area (Å²) in [4.78, 5) is -1.68. The largest absolute Gasteiger partial charge is 0.505 e. The summed E-state index contributed by atoms with van der Waals surface area (Å²) in [6.45, 7) is 0. The molecule has 178 valence electrons. The van der Waals surface area contributed by atoms with Crippen LogP contribution in [0.4, 0.5) is 22.7 Å². The minimum atomic E-state index is -4.98. The van der Waals surface area contributed by atoms with Gasteiger partial charge in [-0.1, -0.05) is 24.3 Å². The summed E-state index contributed by atoms with van der Waals surface area (Å²) < 4.78 is 65.5. The molecule has 0 unspecified atom stereocenters. The predicted octanol–water partition coefficient (Wildman–Crippen LogP) is 5.87. The van der Waals surface area contributed by atoms with Crippen LogP contribution in [0.25, 0.3) is 10.8 Å². The molecule has 0 spiro atoms. The second kappa shape index (κ2) is 9.31. The van der Waals surface area contributed by atoms with E-state index in [1.807, 2.05) is 18.2 Å². The van der Waals surface area contributed by atoms with Crippen molar-refractivity contribution in [1.29, 1.82) is 0 Å². The molecule has 0 radical (unpaired) electrons. The molecule has 0 aromatic heterocycles. The first-order valence-electron chi connectivity index (χ1n) is 9.76. The highest BCUT2D eigenvalue weighted by Crippen LogP contribution is 2.40. The van der Waals surface area contributed by atoms with Crippen LogP contribution in [-0.4, -0.2) is 31.0 Å². The number of hydrogen-bond acceptors (Lipinski definition) is 9. The van der Waals surface area contributed by atoms with Gasteiger partial charge < -0.3 is 5.11 Å². The zero-order valence-electron chi connectivity index (χ0n) is 17.6. The lowest BCUT2D eigenvalue weighted by atomic mass is 10.1. The van der Waals surface area contributed by atoms with E-state index < -0.39 is 35.8 Å². The van der Waals surface area contributed by atoms with Crippen molar-refractivity contribution in [2.24, 2.45) is 20.5 Å². The molecule has 0 heterocycles. The predicted molar refractivity (Wildman–Crippen MR) is 126 cm³/mol. The average molecular weight is 513 g/mol. The maximum Gasteiger partial charge on any atom is 0.295 e. The molecule has 35 heavy (non-hydrogen) atoms. The SMILES string of the molecule is O=S(=O)(O)c1cc(S(=O)(=O)O)c2c(O)c(/N=N/c3ccc(/N=N/c4ccccc4)cc3)ccc2c1. The molecule has 0 amide bonds. The molecule has 13 heteroatoms. The lowest BCUT2D eigenvalue weighted by Gasteiger charge is -2.10. The van der Waals surface area contributed by atoms with Gasteiger partial charge in [0.05, 0.1) is 22.0 Å². The summed E-state index contributed by atoms with van der Waals surface area (Å²) in [6.07, 6.45) is 0. The highest BCUT2D eigenvalue weighted by molar-refractivity contribution is 7.86. The van der Waals surface area contributed by atoms with E-state index in [1.54, 1.807) is 36.4 Å². The second-order valence-electron chi connectivity index (χ2n) is 7.15. The molecule has 4 rings (SSSR count). The van der Waals surface area contributed by atoms with Crippen molar-refractivity contribution in [3.05, 3.63) is 78.9 Å². The maximum atomic E-state index is 11.8. The standard InChI is InChI=1S/C22H16N4O7S2/c27-22-19(11-6-14-12-18(34(28,29)30)13-20(21(14)22)35(31,32)33)26-25-17-9-7-16(8-10-17)24-23-15-4-2-1-3-5-15/h1-13,27H,(H,28,29,30)(H,31,32,33)/b24-23+,26-25+. The van der Waals surface area contributed by atoms with Gasteiger partial charge in [0.15, 0.2) is 5.75 Å². The molecule has 0 bridgehead atoms. The fraction of sp³-hybridized carbons (Fsp3) is 0. The number of benzene rings is 4. The van der Waals surface area contributed by atoms with Crippen LogP contribution in [0.15, 0.2) is 109 Å². The number of rotatable bonds is 6. The number of hydrogen-bond donors (Lipinski definition) is 3. The molecular weight excluding hydrogens is 496 g/mol. The summed E-state index contributed by atoms with van der Waals surface area (Å²) in [6, 6.07) is 19.7. The Morgan fingerprint density at radius 2 is 1.14 bits per heavy atom. The van der Waals surface area contributed by atoms with Gasteiger partial charge in [0, 0.05) is 5.39 Å². The number of nitrogens with zero attached hydrogens (tertiary/aromatic N) is 4. The van der Waals surface area contributed by atoms with Crippen LogP contribution in [-0.2, 0) is 20.2 Å². The molecule has 3 N–H and O–H groups in total. The van der Waals surface area contributed by atoms with Crippen molar-refractivity contribution in [1.82, 2.24) is 0 Å². The zero-order chi connectivity index (χ0) is 25.2. The number of fused-ring (bicyclic) bond motifs is 1. The van der Waals surface area contributed by atoms with Crippen LogP contribution in [0, 0.1) is 0 Å². The Bertz CT molecular complexity index is 1690. The minimum Gasteiger partial charge on any atom is -0.505 e. The van der Waals surface area contributed by atoms with E-state index in [0.29, 0.717) is 23.1 Å². The van der Waals surface area contributed by atoms with Gasteiger partial charge >= 0.3 is 0 Å². The highest BCUT2D eigenvalue weighted by atomic mass is 32.2. The van der Waals surface area contributed by atoms with E-state index in [2.05, 4.69) is 20.5 Å². The monoisotopic (exact) mass is 512 g/mol. The molecule has 0 aliphatic heterocycles. The van der Waals surface area contributed by atoms with E-state index >= 15 is 0 Å². The second-order valence-corrected chi connectivity index (χ2v) is 9.97. The number of azo groups is 2. The first kappa shape index (κ1) is 24.1. The zero-order valence-corrected chi connectivity index (χ0v) is 19.2. The summed E-state index contributed by atoms with van der Waals surface area (Å²) in [5.41, 5.74) is 1.50. The first-order valence-corrected chi connectivity index (χ1v) is 12.6. The van der Waals surface area contributed by atoms with Crippen LogP contribution in [0.5, 0.6) is 5.75 Å². The Morgan fingerprint density at radius 3 is 1.69 bits per heavy atom. The van der Waals surface area contributed by atoms with Gasteiger partial charge in [0.1, 0.15) is 10.6 Å². The Labute approximate surface area is 199 Å². The van der Waals surface area contributed by atoms with Gasteiger partial charge in [0.25, 0.3) is 20.2 Å². The fourth-order valence-corrected chi connectivity index (χ4v) is 4.48. The Hall–Kier alpha value is -4.04. The fourth-order valence-electron chi connectivity index (χ4n) is 3.11. The van der Waals surface area contributed by atoms with Crippen molar-refractivity contribution in [3.63, 3.8) is 0 Å². The van der Waals surface area contributed by atoms with Crippen molar-refractivity contribution in [3.8, 4) is 5.75 Å². The van der Waals surface area contributed by atoms with Crippen LogP contribution in [0.3, 0.4) is 0 Å². The van der Waals surface area contributed by atoms with Crippen molar-refractivity contribution in [2.45, 2.75) is 9.79 Å². The highest BCUT2D eigenvalue weighted by Gasteiger charge is 2.23. The average Bonchev–Trinajstić information content (AvgIpc) is 2.82. The third-order valence-corrected chi connectivity index (χ3v) is 6.45. The Balaban J connectivity index is 1.67. The molecule has 4 aromatic carbocycles. The van der Waals surface area contributed by atoms with Gasteiger partial charge in [-0.2, -0.15) is 32.2 Å². The van der Waals surface area contributed by atoms with Gasteiger partial charge in [-0.15, -0.1) is 5.11 Å². The summed E-state index contributed by atoms with van der Waals surface area (Å²) in [5.74, 6) is -0.658. The topological polar surface area (TPSA) is 178 Å².